The van der Waals surface area contributed by atoms with Crippen molar-refractivity contribution in [3.05, 3.63) is 82.8 Å². The molecule has 0 N–H and O–H groups in total. The van der Waals surface area contributed by atoms with Crippen LogP contribution in [0.15, 0.2) is 77.7 Å². The van der Waals surface area contributed by atoms with Gasteiger partial charge < -0.3 is 9.47 Å². The Hall–Kier alpha value is -2.74. The highest BCUT2D eigenvalue weighted by atomic mass is 35.5. The summed E-state index contributed by atoms with van der Waals surface area (Å²) in [6.45, 7) is 0.176. The number of hydrogen-bond acceptors (Lipinski definition) is 5. The van der Waals surface area contributed by atoms with Crippen molar-refractivity contribution in [3.63, 3.8) is 0 Å². The number of anilines is 1. The van der Waals surface area contributed by atoms with Gasteiger partial charge in [0.1, 0.15) is 11.5 Å². The summed E-state index contributed by atoms with van der Waals surface area (Å²) in [4.78, 5) is 13.1. The second-order valence-corrected chi connectivity index (χ2v) is 9.33. The summed E-state index contributed by atoms with van der Waals surface area (Å²) in [5, 5.41) is 0.842. The Morgan fingerprint density at radius 2 is 1.66 bits per heavy atom. The van der Waals surface area contributed by atoms with Gasteiger partial charge in [-0.1, -0.05) is 41.4 Å². The average Bonchev–Trinajstić information content (AvgIpc) is 2.79. The molecule has 0 aliphatic carbocycles. The van der Waals surface area contributed by atoms with Gasteiger partial charge in [-0.3, -0.25) is 4.79 Å². The van der Waals surface area contributed by atoms with E-state index in [0.29, 0.717) is 21.5 Å². The van der Waals surface area contributed by atoms with E-state index in [-0.39, 0.29) is 30.0 Å². The molecule has 0 fully saturated rings. The molecule has 1 amide bonds. The second-order valence-electron chi connectivity index (χ2n) is 6.70. The third-order valence-electron chi connectivity index (χ3n) is 4.50. The summed E-state index contributed by atoms with van der Waals surface area (Å²) in [5.74, 6) is 0.406. The van der Waals surface area contributed by atoms with E-state index in [4.69, 9.17) is 32.7 Å². The lowest BCUT2D eigenvalue weighted by molar-refractivity contribution is -0.117. The van der Waals surface area contributed by atoms with Crippen molar-refractivity contribution >= 4 is 44.8 Å². The minimum absolute atomic E-state index is 0.0216. The number of carbonyl (C=O) groups is 1. The molecule has 3 rings (SSSR count). The van der Waals surface area contributed by atoms with Crippen molar-refractivity contribution in [2.45, 2.75) is 17.7 Å². The number of amides is 1. The maximum Gasteiger partial charge on any atom is 0.270 e. The Morgan fingerprint density at radius 3 is 2.28 bits per heavy atom. The van der Waals surface area contributed by atoms with Crippen molar-refractivity contribution in [3.8, 4) is 11.5 Å². The molecule has 3 aromatic rings. The molecule has 0 unspecified atom stereocenters. The molecule has 3 aromatic carbocycles. The summed E-state index contributed by atoms with van der Waals surface area (Å²) in [5.41, 5.74) is 0.223. The zero-order chi connectivity index (χ0) is 23.1. The number of ether oxygens (including phenoxy) is 2. The highest BCUT2D eigenvalue weighted by Crippen LogP contribution is 2.29. The van der Waals surface area contributed by atoms with Crippen LogP contribution in [-0.2, 0) is 14.8 Å². The Bertz CT molecular complexity index is 1170. The first-order chi connectivity index (χ1) is 15.3. The van der Waals surface area contributed by atoms with E-state index in [0.717, 1.165) is 4.31 Å². The van der Waals surface area contributed by atoms with Gasteiger partial charge in [-0.2, -0.15) is 0 Å². The Kier molecular flexibility index (Phi) is 8.01. The molecule has 168 valence electrons. The topological polar surface area (TPSA) is 72.9 Å². The number of sulfonamides is 1. The van der Waals surface area contributed by atoms with Crippen LogP contribution < -0.4 is 13.8 Å². The molecule has 9 heteroatoms. The van der Waals surface area contributed by atoms with E-state index in [1.165, 1.54) is 31.4 Å². The van der Waals surface area contributed by atoms with E-state index in [2.05, 4.69) is 0 Å². The summed E-state index contributed by atoms with van der Waals surface area (Å²) >= 11 is 11.9. The molecule has 0 aliphatic heterocycles. The SMILES string of the molecule is COc1ccc(N(C(=O)CCCOc2ccc(Cl)cc2Cl)S(=O)(=O)c2ccccc2)cc1. The van der Waals surface area contributed by atoms with Gasteiger partial charge in [0.05, 0.1) is 29.3 Å². The largest absolute Gasteiger partial charge is 0.497 e. The molecule has 32 heavy (non-hydrogen) atoms. The van der Waals surface area contributed by atoms with Gasteiger partial charge in [0.2, 0.25) is 5.91 Å². The van der Waals surface area contributed by atoms with Crippen LogP contribution in [0.5, 0.6) is 11.5 Å². The van der Waals surface area contributed by atoms with Gasteiger partial charge in [0.25, 0.3) is 10.0 Å². The van der Waals surface area contributed by atoms with Crippen LogP contribution in [0.3, 0.4) is 0 Å². The lowest BCUT2D eigenvalue weighted by Gasteiger charge is -2.23. The number of benzene rings is 3. The smallest absolute Gasteiger partial charge is 0.270 e. The van der Waals surface area contributed by atoms with Crippen molar-refractivity contribution in [2.24, 2.45) is 0 Å². The van der Waals surface area contributed by atoms with Crippen molar-refractivity contribution in [1.82, 2.24) is 0 Å². The number of nitrogens with zero attached hydrogens (tertiary/aromatic N) is 1. The van der Waals surface area contributed by atoms with Crippen LogP contribution in [0.1, 0.15) is 12.8 Å². The molecular weight excluding hydrogens is 473 g/mol. The fourth-order valence-electron chi connectivity index (χ4n) is 2.93. The van der Waals surface area contributed by atoms with Crippen molar-refractivity contribution in [2.75, 3.05) is 18.0 Å². The van der Waals surface area contributed by atoms with Crippen LogP contribution in [0, 0.1) is 0 Å². The minimum atomic E-state index is -4.11. The average molecular weight is 494 g/mol. The summed E-state index contributed by atoms with van der Waals surface area (Å²) < 4.78 is 38.1. The van der Waals surface area contributed by atoms with Crippen LogP contribution in [0.25, 0.3) is 0 Å². The Balaban J connectivity index is 1.77. The first kappa shape index (κ1) is 23.9. The first-order valence-corrected chi connectivity index (χ1v) is 11.9. The molecule has 0 saturated carbocycles. The van der Waals surface area contributed by atoms with E-state index in [1.807, 2.05) is 0 Å². The lowest BCUT2D eigenvalue weighted by atomic mass is 10.2. The summed E-state index contributed by atoms with van der Waals surface area (Å²) in [6.07, 6.45) is 0.234. The predicted molar refractivity (Wildman–Crippen MR) is 125 cm³/mol. The zero-order valence-corrected chi connectivity index (χ0v) is 19.5. The van der Waals surface area contributed by atoms with Crippen molar-refractivity contribution < 1.29 is 22.7 Å². The Labute approximate surface area is 197 Å². The molecule has 0 aromatic heterocycles. The summed E-state index contributed by atoms with van der Waals surface area (Å²) in [7, 11) is -2.60. The van der Waals surface area contributed by atoms with E-state index in [9.17, 15) is 13.2 Å². The monoisotopic (exact) mass is 493 g/mol. The zero-order valence-electron chi connectivity index (χ0n) is 17.2. The maximum absolute atomic E-state index is 13.3. The molecule has 0 bridgehead atoms. The third kappa shape index (κ3) is 5.73. The molecule has 6 nitrogen and oxygen atoms in total. The van der Waals surface area contributed by atoms with Crippen LogP contribution in [0.4, 0.5) is 5.69 Å². The molecule has 0 aliphatic rings. The second kappa shape index (κ2) is 10.7. The van der Waals surface area contributed by atoms with Gasteiger partial charge in [-0.25, -0.2) is 12.7 Å². The van der Waals surface area contributed by atoms with Gasteiger partial charge in [-0.05, 0) is 61.0 Å². The highest BCUT2D eigenvalue weighted by molar-refractivity contribution is 7.93. The van der Waals surface area contributed by atoms with E-state index < -0.39 is 15.9 Å². The van der Waals surface area contributed by atoms with Gasteiger partial charge >= 0.3 is 0 Å². The molecule has 0 radical (unpaired) electrons. The normalized spacial score (nSPS) is 11.1. The molecule has 0 atom stereocenters. The molecular formula is C23H21Cl2NO5S. The van der Waals surface area contributed by atoms with Crippen molar-refractivity contribution in [1.29, 1.82) is 0 Å². The fraction of sp³-hybridized carbons (Fsp3) is 0.174. The highest BCUT2D eigenvalue weighted by Gasteiger charge is 2.30. The number of hydrogen-bond donors (Lipinski definition) is 0. The maximum atomic E-state index is 13.3. The lowest BCUT2D eigenvalue weighted by Crippen LogP contribution is -2.37. The third-order valence-corrected chi connectivity index (χ3v) is 6.79. The van der Waals surface area contributed by atoms with E-state index in [1.54, 1.807) is 48.5 Å². The predicted octanol–water partition coefficient (Wildman–Crippen LogP) is 5.58. The number of rotatable bonds is 9. The molecule has 0 saturated heterocycles. The minimum Gasteiger partial charge on any atom is -0.497 e. The van der Waals surface area contributed by atoms with Crippen LogP contribution in [0.2, 0.25) is 10.0 Å². The Morgan fingerprint density at radius 1 is 0.969 bits per heavy atom. The number of halogens is 2. The summed E-state index contributed by atoms with van der Waals surface area (Å²) in [6, 6.07) is 18.9. The van der Waals surface area contributed by atoms with Crippen LogP contribution in [-0.4, -0.2) is 28.0 Å². The van der Waals surface area contributed by atoms with Gasteiger partial charge in [0, 0.05) is 11.4 Å². The first-order valence-electron chi connectivity index (χ1n) is 9.68. The molecule has 0 spiro atoms. The standard InChI is InChI=1S/C23H21Cl2NO5S/c1-30-19-12-10-18(11-13-19)26(32(28,29)20-6-3-2-4-7-20)23(27)8-5-15-31-22-14-9-17(24)16-21(22)25/h2-4,6-7,9-14,16H,5,8,15H2,1H3. The van der Waals surface area contributed by atoms with E-state index >= 15 is 0 Å². The number of carbonyl (C=O) groups excluding carboxylic acids is 1. The number of methoxy groups -OCH3 is 1. The fourth-order valence-corrected chi connectivity index (χ4v) is 4.87. The van der Waals surface area contributed by atoms with Crippen LogP contribution >= 0.6 is 23.2 Å². The molecule has 0 heterocycles. The van der Waals surface area contributed by atoms with Gasteiger partial charge in [-0.15, -0.1) is 0 Å². The van der Waals surface area contributed by atoms with Gasteiger partial charge in [0.15, 0.2) is 0 Å². The quantitative estimate of drug-likeness (QED) is 0.363.